The molecule has 0 spiro atoms. The molecule has 0 aliphatic heterocycles. The number of nitrogens with two attached hydrogens (primary N) is 1. The number of amides is 1. The number of thiocarbonyl (C=S) groups is 1. The van der Waals surface area contributed by atoms with Crippen molar-refractivity contribution in [2.75, 3.05) is 6.54 Å². The Bertz CT molecular complexity index is 390. The van der Waals surface area contributed by atoms with Crippen LogP contribution < -0.4 is 11.1 Å². The monoisotopic (exact) mass is 254 g/mol. The van der Waals surface area contributed by atoms with Gasteiger partial charge >= 0.3 is 0 Å². The van der Waals surface area contributed by atoms with Gasteiger partial charge in [0, 0.05) is 25.5 Å². The third kappa shape index (κ3) is 3.26. The zero-order valence-corrected chi connectivity index (χ0v) is 11.0. The highest BCUT2D eigenvalue weighted by atomic mass is 32.1. The molecule has 94 valence electrons. The van der Waals surface area contributed by atoms with Crippen molar-refractivity contribution in [1.82, 2.24) is 14.9 Å². The Kier molecular flexibility index (Phi) is 4.62. The molecule has 6 heteroatoms. The van der Waals surface area contributed by atoms with Gasteiger partial charge < -0.3 is 15.6 Å². The maximum Gasteiger partial charge on any atom is 0.232 e. The zero-order chi connectivity index (χ0) is 12.9. The predicted octanol–water partition coefficient (Wildman–Crippen LogP) is 0.702. The Morgan fingerprint density at radius 1 is 1.65 bits per heavy atom. The lowest BCUT2D eigenvalue weighted by Gasteiger charge is -2.25. The molecule has 1 unspecified atom stereocenters. The second kappa shape index (κ2) is 5.77. The summed E-state index contributed by atoms with van der Waals surface area (Å²) < 4.78 is 1.89. The minimum Gasteiger partial charge on any atom is -0.392 e. The number of nitrogens with zero attached hydrogens (tertiary/aromatic N) is 2. The lowest BCUT2D eigenvalue weighted by atomic mass is 9.86. The van der Waals surface area contributed by atoms with E-state index in [1.54, 1.807) is 19.4 Å². The third-order valence-corrected chi connectivity index (χ3v) is 3.42. The van der Waals surface area contributed by atoms with Crippen molar-refractivity contribution in [2.45, 2.75) is 26.8 Å². The van der Waals surface area contributed by atoms with E-state index in [9.17, 15) is 4.79 Å². The van der Waals surface area contributed by atoms with Gasteiger partial charge in [0.25, 0.3) is 0 Å². The van der Waals surface area contributed by atoms with E-state index in [2.05, 4.69) is 10.3 Å². The molecule has 0 aromatic carbocycles. The first-order chi connectivity index (χ1) is 8.00. The van der Waals surface area contributed by atoms with Gasteiger partial charge in [-0.1, -0.05) is 19.1 Å². The van der Waals surface area contributed by atoms with Crippen LogP contribution >= 0.6 is 12.2 Å². The highest BCUT2D eigenvalue weighted by Crippen LogP contribution is 2.21. The number of rotatable bonds is 6. The number of nitrogens with one attached hydrogen (secondary N) is 1. The van der Waals surface area contributed by atoms with Gasteiger partial charge in [0.15, 0.2) is 0 Å². The lowest BCUT2D eigenvalue weighted by Crippen LogP contribution is -2.47. The van der Waals surface area contributed by atoms with Gasteiger partial charge in [-0.2, -0.15) is 0 Å². The lowest BCUT2D eigenvalue weighted by molar-refractivity contribution is -0.127. The SMILES string of the molecule is CCC(C)(C(=O)NCCn1ccnc1)C(N)=S. The fourth-order valence-electron chi connectivity index (χ4n) is 1.36. The number of hydrogen-bond acceptors (Lipinski definition) is 3. The second-order valence-corrected chi connectivity index (χ2v) is 4.55. The molecule has 0 saturated carbocycles. The van der Waals surface area contributed by atoms with Gasteiger partial charge in [0.05, 0.1) is 16.7 Å². The summed E-state index contributed by atoms with van der Waals surface area (Å²) in [4.78, 5) is 16.1. The van der Waals surface area contributed by atoms with Crippen molar-refractivity contribution in [1.29, 1.82) is 0 Å². The average Bonchev–Trinajstić information content (AvgIpc) is 2.80. The molecule has 0 bridgehead atoms. The fourth-order valence-corrected chi connectivity index (χ4v) is 1.60. The molecule has 17 heavy (non-hydrogen) atoms. The molecule has 3 N–H and O–H groups in total. The normalized spacial score (nSPS) is 14.0. The third-order valence-electron chi connectivity index (χ3n) is 2.97. The summed E-state index contributed by atoms with van der Waals surface area (Å²) in [6.45, 7) is 4.88. The molecule has 0 aliphatic carbocycles. The highest BCUT2D eigenvalue weighted by molar-refractivity contribution is 7.80. The molecule has 1 aromatic heterocycles. The first-order valence-electron chi connectivity index (χ1n) is 5.54. The molecular formula is C11H18N4OS. The van der Waals surface area contributed by atoms with E-state index >= 15 is 0 Å². The molecule has 1 atom stereocenters. The standard InChI is InChI=1S/C11H18N4OS/c1-3-11(2,9(12)17)10(16)14-5-7-15-6-4-13-8-15/h4,6,8H,3,5,7H2,1-2H3,(H2,12,17)(H,14,16). The summed E-state index contributed by atoms with van der Waals surface area (Å²) in [6, 6.07) is 0. The van der Waals surface area contributed by atoms with Crippen LogP contribution in [0.5, 0.6) is 0 Å². The van der Waals surface area contributed by atoms with Gasteiger partial charge in [-0.25, -0.2) is 4.98 Å². The van der Waals surface area contributed by atoms with E-state index < -0.39 is 5.41 Å². The van der Waals surface area contributed by atoms with Crippen molar-refractivity contribution >= 4 is 23.1 Å². The maximum absolute atomic E-state index is 12.0. The summed E-state index contributed by atoms with van der Waals surface area (Å²) in [5.41, 5.74) is 4.84. The Hall–Kier alpha value is -1.43. The summed E-state index contributed by atoms with van der Waals surface area (Å²) in [6.07, 6.45) is 5.85. The number of imidazole rings is 1. The van der Waals surface area contributed by atoms with Crippen molar-refractivity contribution < 1.29 is 4.79 Å². The largest absolute Gasteiger partial charge is 0.392 e. The topological polar surface area (TPSA) is 72.9 Å². The van der Waals surface area contributed by atoms with Gasteiger partial charge in [-0.05, 0) is 13.3 Å². The zero-order valence-electron chi connectivity index (χ0n) is 10.1. The van der Waals surface area contributed by atoms with Gasteiger partial charge in [-0.15, -0.1) is 0 Å². The average molecular weight is 254 g/mol. The van der Waals surface area contributed by atoms with Crippen molar-refractivity contribution in [3.8, 4) is 0 Å². The van der Waals surface area contributed by atoms with Crippen molar-refractivity contribution in [3.05, 3.63) is 18.7 Å². The maximum atomic E-state index is 12.0. The smallest absolute Gasteiger partial charge is 0.232 e. The second-order valence-electron chi connectivity index (χ2n) is 4.11. The first kappa shape index (κ1) is 13.6. The van der Waals surface area contributed by atoms with Crippen LogP contribution in [0.2, 0.25) is 0 Å². The molecule has 1 heterocycles. The Morgan fingerprint density at radius 3 is 2.82 bits per heavy atom. The summed E-state index contributed by atoms with van der Waals surface area (Å²) in [7, 11) is 0. The predicted molar refractivity (Wildman–Crippen MR) is 70.4 cm³/mol. The molecule has 1 aromatic rings. The molecule has 0 radical (unpaired) electrons. The van der Waals surface area contributed by atoms with Crippen molar-refractivity contribution in [2.24, 2.45) is 11.1 Å². The summed E-state index contributed by atoms with van der Waals surface area (Å²) in [5, 5.41) is 2.84. The molecule has 0 aliphatic rings. The Morgan fingerprint density at radius 2 is 2.35 bits per heavy atom. The number of aromatic nitrogens is 2. The molecule has 1 amide bonds. The van der Waals surface area contributed by atoms with Crippen LogP contribution in [0.1, 0.15) is 20.3 Å². The number of hydrogen-bond donors (Lipinski definition) is 2. The van der Waals surface area contributed by atoms with Gasteiger partial charge in [-0.3, -0.25) is 4.79 Å². The molecule has 0 saturated heterocycles. The van der Waals surface area contributed by atoms with Crippen LogP contribution in [0.4, 0.5) is 0 Å². The van der Waals surface area contributed by atoms with Crippen LogP contribution in [0.25, 0.3) is 0 Å². The minimum atomic E-state index is -0.760. The first-order valence-corrected chi connectivity index (χ1v) is 5.95. The summed E-state index contributed by atoms with van der Waals surface area (Å²) >= 11 is 4.94. The van der Waals surface area contributed by atoms with Crippen LogP contribution in [-0.2, 0) is 11.3 Å². The van der Waals surface area contributed by atoms with Crippen molar-refractivity contribution in [3.63, 3.8) is 0 Å². The Balaban J connectivity index is 2.46. The van der Waals surface area contributed by atoms with E-state index in [1.807, 2.05) is 17.7 Å². The Labute approximate surface area is 106 Å². The fraction of sp³-hybridized carbons (Fsp3) is 0.545. The van der Waals surface area contributed by atoms with Crippen LogP contribution in [-0.4, -0.2) is 27.0 Å². The van der Waals surface area contributed by atoms with E-state index in [0.717, 1.165) is 0 Å². The van der Waals surface area contributed by atoms with Crippen LogP contribution in [0.3, 0.4) is 0 Å². The summed E-state index contributed by atoms with van der Waals surface area (Å²) in [5.74, 6) is -0.118. The van der Waals surface area contributed by atoms with Gasteiger partial charge in [0.2, 0.25) is 5.91 Å². The molecule has 5 nitrogen and oxygen atoms in total. The van der Waals surface area contributed by atoms with E-state index in [1.165, 1.54) is 0 Å². The minimum absolute atomic E-state index is 0.118. The molecule has 1 rings (SSSR count). The molecule has 0 fully saturated rings. The highest BCUT2D eigenvalue weighted by Gasteiger charge is 2.34. The van der Waals surface area contributed by atoms with E-state index in [-0.39, 0.29) is 10.9 Å². The van der Waals surface area contributed by atoms with Gasteiger partial charge in [0.1, 0.15) is 0 Å². The quantitative estimate of drug-likeness (QED) is 0.733. The number of carbonyl (C=O) groups is 1. The van der Waals surface area contributed by atoms with Crippen LogP contribution in [0.15, 0.2) is 18.7 Å². The van der Waals surface area contributed by atoms with E-state index in [0.29, 0.717) is 19.5 Å². The number of carbonyl (C=O) groups excluding carboxylic acids is 1. The molecular weight excluding hydrogens is 236 g/mol. The van der Waals surface area contributed by atoms with Crippen LogP contribution in [0, 0.1) is 5.41 Å². The van der Waals surface area contributed by atoms with E-state index in [4.69, 9.17) is 18.0 Å².